The maximum Gasteiger partial charge on any atom is 0.261 e. The molecule has 3 atom stereocenters. The summed E-state index contributed by atoms with van der Waals surface area (Å²) in [7, 11) is 0. The van der Waals surface area contributed by atoms with Gasteiger partial charge in [0.1, 0.15) is 10.8 Å². The molecule has 1 unspecified atom stereocenters. The number of anilines is 2. The third-order valence-corrected chi connectivity index (χ3v) is 6.54. The Morgan fingerprint density at radius 2 is 1.07 bits per heavy atom. The fourth-order valence-electron chi connectivity index (χ4n) is 5.25. The van der Waals surface area contributed by atoms with Crippen LogP contribution in [-0.4, -0.2) is 23.2 Å². The molecule has 140 valence electrons. The Kier molecular flexibility index (Phi) is 3.24. The van der Waals surface area contributed by atoms with E-state index in [1.54, 1.807) is 0 Å². The van der Waals surface area contributed by atoms with Gasteiger partial charge < -0.3 is 0 Å². The zero-order valence-corrected chi connectivity index (χ0v) is 16.0. The van der Waals surface area contributed by atoms with Crippen LogP contribution in [0.15, 0.2) is 70.9 Å². The lowest BCUT2D eigenvalue weighted by Gasteiger charge is -2.19. The van der Waals surface area contributed by atoms with Crippen molar-refractivity contribution in [3.63, 3.8) is 0 Å². The Balaban J connectivity index is 1.59. The fraction of sp³-hybridized carbons (Fsp3) is 0.273. The van der Waals surface area contributed by atoms with E-state index in [9.17, 15) is 9.59 Å². The predicted octanol–water partition coefficient (Wildman–Crippen LogP) is 3.45. The standard InChI is InChI=1S/C22H20N4O2/c1-14-21(15(2)23-25(19(21)27)17-10-6-4-7-11-17)22(14)16(3)24-26(20(22)28)18-12-8-5-9-13-18/h4-14H,1-3H3/t14?,21-,22+. The van der Waals surface area contributed by atoms with Gasteiger partial charge in [-0.25, -0.2) is 0 Å². The number of rotatable bonds is 2. The SMILES string of the molecule is CC1=NN(c2ccccc2)C(=O)[C@@]12C(C)[C@]21C(=O)N(c2ccccc2)N=C1C. The van der Waals surface area contributed by atoms with Crippen LogP contribution in [0.1, 0.15) is 20.8 Å². The average molecular weight is 372 g/mol. The van der Waals surface area contributed by atoms with Gasteiger partial charge in [-0.2, -0.15) is 20.2 Å². The molecular weight excluding hydrogens is 352 g/mol. The topological polar surface area (TPSA) is 65.3 Å². The zero-order valence-electron chi connectivity index (χ0n) is 16.0. The molecule has 0 N–H and O–H groups in total. The zero-order chi connectivity index (χ0) is 19.7. The number of amides is 2. The first-order valence-corrected chi connectivity index (χ1v) is 9.38. The summed E-state index contributed by atoms with van der Waals surface area (Å²) in [5.41, 5.74) is 0.836. The largest absolute Gasteiger partial charge is 0.271 e. The summed E-state index contributed by atoms with van der Waals surface area (Å²) in [4.78, 5) is 27.2. The smallest absolute Gasteiger partial charge is 0.261 e. The quantitative estimate of drug-likeness (QED) is 0.810. The summed E-state index contributed by atoms with van der Waals surface area (Å²) >= 11 is 0. The van der Waals surface area contributed by atoms with Gasteiger partial charge in [-0.05, 0) is 44.0 Å². The van der Waals surface area contributed by atoms with Crippen molar-refractivity contribution in [2.24, 2.45) is 27.0 Å². The van der Waals surface area contributed by atoms with Crippen LogP contribution < -0.4 is 10.0 Å². The summed E-state index contributed by atoms with van der Waals surface area (Å²) < 4.78 is 0. The van der Waals surface area contributed by atoms with Crippen molar-refractivity contribution in [2.75, 3.05) is 10.0 Å². The Morgan fingerprint density at radius 1 is 0.714 bits per heavy atom. The molecule has 0 radical (unpaired) electrons. The predicted molar refractivity (Wildman–Crippen MR) is 108 cm³/mol. The molecule has 2 spiro atoms. The third-order valence-electron chi connectivity index (χ3n) is 6.54. The monoisotopic (exact) mass is 372 g/mol. The summed E-state index contributed by atoms with van der Waals surface area (Å²) in [6.45, 7) is 5.65. The average Bonchev–Trinajstić information content (AvgIpc) is 3.06. The third kappa shape index (κ3) is 1.69. The van der Waals surface area contributed by atoms with Crippen LogP contribution in [-0.2, 0) is 9.59 Å². The van der Waals surface area contributed by atoms with Crippen LogP contribution in [0.5, 0.6) is 0 Å². The molecule has 1 fully saturated rings. The van der Waals surface area contributed by atoms with Gasteiger partial charge in [0.2, 0.25) is 0 Å². The van der Waals surface area contributed by atoms with Crippen molar-refractivity contribution in [3.05, 3.63) is 60.7 Å². The molecule has 0 saturated heterocycles. The van der Waals surface area contributed by atoms with Crippen molar-refractivity contribution in [1.82, 2.24) is 0 Å². The lowest BCUT2D eigenvalue weighted by atomic mass is 9.85. The fourth-order valence-corrected chi connectivity index (χ4v) is 5.25. The molecule has 2 amide bonds. The van der Waals surface area contributed by atoms with Gasteiger partial charge >= 0.3 is 0 Å². The Bertz CT molecular complexity index is 977. The molecule has 1 aliphatic carbocycles. The van der Waals surface area contributed by atoms with E-state index in [1.807, 2.05) is 81.4 Å². The van der Waals surface area contributed by atoms with Crippen molar-refractivity contribution in [1.29, 1.82) is 0 Å². The second-order valence-corrected chi connectivity index (χ2v) is 7.61. The minimum atomic E-state index is -0.961. The lowest BCUT2D eigenvalue weighted by Crippen LogP contribution is -2.40. The number of carbonyl (C=O) groups excluding carboxylic acids is 2. The van der Waals surface area contributed by atoms with E-state index in [4.69, 9.17) is 0 Å². The van der Waals surface area contributed by atoms with Crippen LogP contribution in [0, 0.1) is 16.7 Å². The number of carbonyl (C=O) groups is 2. The first-order chi connectivity index (χ1) is 13.5. The van der Waals surface area contributed by atoms with Gasteiger partial charge in [0.05, 0.1) is 22.8 Å². The minimum Gasteiger partial charge on any atom is -0.271 e. The summed E-state index contributed by atoms with van der Waals surface area (Å²) in [6, 6.07) is 18.7. The lowest BCUT2D eigenvalue weighted by molar-refractivity contribution is -0.126. The summed E-state index contributed by atoms with van der Waals surface area (Å²) in [5.74, 6) is -0.502. The molecular formula is C22H20N4O2. The van der Waals surface area contributed by atoms with Gasteiger partial charge in [-0.3, -0.25) is 9.59 Å². The van der Waals surface area contributed by atoms with E-state index in [2.05, 4.69) is 10.2 Å². The molecule has 6 heteroatoms. The van der Waals surface area contributed by atoms with Crippen LogP contribution in [0.4, 0.5) is 11.4 Å². The van der Waals surface area contributed by atoms with E-state index < -0.39 is 10.8 Å². The summed E-state index contributed by atoms with van der Waals surface area (Å²) in [5, 5.41) is 12.0. The van der Waals surface area contributed by atoms with E-state index >= 15 is 0 Å². The van der Waals surface area contributed by atoms with Gasteiger partial charge in [-0.1, -0.05) is 43.3 Å². The summed E-state index contributed by atoms with van der Waals surface area (Å²) in [6.07, 6.45) is 0. The van der Waals surface area contributed by atoms with Crippen molar-refractivity contribution in [2.45, 2.75) is 20.8 Å². The molecule has 6 nitrogen and oxygen atoms in total. The number of nitrogens with zero attached hydrogens (tertiary/aromatic N) is 4. The first-order valence-electron chi connectivity index (χ1n) is 9.38. The highest BCUT2D eigenvalue weighted by Gasteiger charge is 2.89. The van der Waals surface area contributed by atoms with E-state index in [0.717, 1.165) is 0 Å². The normalized spacial score (nSPS) is 31.0. The number of para-hydroxylation sites is 2. The van der Waals surface area contributed by atoms with Gasteiger partial charge in [0, 0.05) is 0 Å². The molecule has 2 aliphatic heterocycles. The number of benzene rings is 2. The Morgan fingerprint density at radius 3 is 1.43 bits per heavy atom. The van der Waals surface area contributed by atoms with E-state index in [0.29, 0.717) is 22.8 Å². The van der Waals surface area contributed by atoms with Gasteiger partial charge in [0.25, 0.3) is 11.8 Å². The Labute approximate surface area is 163 Å². The maximum atomic E-state index is 13.6. The number of hydrogen-bond donors (Lipinski definition) is 0. The maximum absolute atomic E-state index is 13.6. The molecule has 0 aromatic heterocycles. The van der Waals surface area contributed by atoms with Crippen molar-refractivity contribution >= 4 is 34.6 Å². The first kappa shape index (κ1) is 16.9. The van der Waals surface area contributed by atoms with E-state index in [1.165, 1.54) is 10.0 Å². The number of hydrogen-bond acceptors (Lipinski definition) is 4. The molecule has 28 heavy (non-hydrogen) atoms. The molecule has 1 saturated carbocycles. The highest BCUT2D eigenvalue weighted by Crippen LogP contribution is 2.74. The van der Waals surface area contributed by atoms with Gasteiger partial charge in [0.15, 0.2) is 0 Å². The van der Waals surface area contributed by atoms with E-state index in [-0.39, 0.29) is 17.7 Å². The molecule has 2 aromatic carbocycles. The number of hydrazone groups is 2. The van der Waals surface area contributed by atoms with Crippen LogP contribution in [0.3, 0.4) is 0 Å². The molecule has 2 aromatic rings. The molecule has 5 rings (SSSR count). The van der Waals surface area contributed by atoms with Crippen LogP contribution in [0.2, 0.25) is 0 Å². The molecule has 0 bridgehead atoms. The second kappa shape index (κ2) is 5.38. The highest BCUT2D eigenvalue weighted by atomic mass is 16.2. The molecule has 3 aliphatic rings. The minimum absolute atomic E-state index is 0.151. The van der Waals surface area contributed by atoms with Crippen LogP contribution >= 0.6 is 0 Å². The highest BCUT2D eigenvalue weighted by molar-refractivity contribution is 6.35. The number of fused-ring (bicyclic) bond motifs is 1. The Hall–Kier alpha value is -3.28. The second-order valence-electron chi connectivity index (χ2n) is 7.61. The van der Waals surface area contributed by atoms with Crippen molar-refractivity contribution in [3.8, 4) is 0 Å². The molecule has 2 heterocycles. The van der Waals surface area contributed by atoms with Gasteiger partial charge in [-0.15, -0.1) is 0 Å². The van der Waals surface area contributed by atoms with Crippen molar-refractivity contribution < 1.29 is 9.59 Å². The van der Waals surface area contributed by atoms with Crippen LogP contribution in [0.25, 0.3) is 0 Å².